The number of nitrogens with zero attached hydrogens (tertiary/aromatic N) is 1. The van der Waals surface area contributed by atoms with Gasteiger partial charge < -0.3 is 10.6 Å². The molecule has 1 saturated heterocycles. The number of rotatable bonds is 1. The first-order chi connectivity index (χ1) is 5.27. The Labute approximate surface area is 66.5 Å². The average Bonchev–Trinajstić information content (AvgIpc) is 2.29. The van der Waals surface area contributed by atoms with Crippen LogP contribution in [0.4, 0.5) is 0 Å². The van der Waals surface area contributed by atoms with Crippen molar-refractivity contribution < 1.29 is 4.79 Å². The van der Waals surface area contributed by atoms with Crippen molar-refractivity contribution in [1.29, 1.82) is 0 Å². The lowest BCUT2D eigenvalue weighted by Gasteiger charge is -2.39. The number of carbonyl (C=O) groups excluding carboxylic acids is 1. The van der Waals surface area contributed by atoms with Crippen molar-refractivity contribution >= 4 is 5.91 Å². The topological polar surface area (TPSA) is 46.3 Å². The number of amides is 1. The molecule has 1 aliphatic heterocycles. The molecule has 0 aromatic heterocycles. The first-order valence-electron chi connectivity index (χ1n) is 4.32. The van der Waals surface area contributed by atoms with E-state index in [1.165, 1.54) is 0 Å². The summed E-state index contributed by atoms with van der Waals surface area (Å²) in [6.45, 7) is 0.968. The third-order valence-corrected chi connectivity index (χ3v) is 2.70. The number of likely N-dealkylation sites (tertiary alicyclic amines) is 1. The van der Waals surface area contributed by atoms with Crippen LogP contribution in [0.2, 0.25) is 0 Å². The van der Waals surface area contributed by atoms with Crippen molar-refractivity contribution in [2.45, 2.75) is 37.8 Å². The van der Waals surface area contributed by atoms with E-state index in [2.05, 4.69) is 0 Å². The van der Waals surface area contributed by atoms with Crippen LogP contribution in [0.1, 0.15) is 25.7 Å². The fourth-order valence-electron chi connectivity index (χ4n) is 1.94. The summed E-state index contributed by atoms with van der Waals surface area (Å²) in [5.41, 5.74) is 5.64. The predicted molar refractivity (Wildman–Crippen MR) is 41.9 cm³/mol. The summed E-state index contributed by atoms with van der Waals surface area (Å²) in [4.78, 5) is 13.2. The van der Waals surface area contributed by atoms with Gasteiger partial charge in [-0.15, -0.1) is 0 Å². The molecule has 3 heteroatoms. The second-order valence-electron chi connectivity index (χ2n) is 3.58. The maximum absolute atomic E-state index is 11.2. The van der Waals surface area contributed by atoms with Gasteiger partial charge in [0.05, 0.1) is 0 Å². The Morgan fingerprint density at radius 3 is 2.64 bits per heavy atom. The fraction of sp³-hybridized carbons (Fsp3) is 0.875. The molecule has 0 aromatic carbocycles. The van der Waals surface area contributed by atoms with Gasteiger partial charge in [-0.1, -0.05) is 0 Å². The van der Waals surface area contributed by atoms with Gasteiger partial charge in [-0.05, 0) is 19.3 Å². The summed E-state index contributed by atoms with van der Waals surface area (Å²) in [5.74, 6) is 0.335. The molecule has 1 amide bonds. The number of hydrogen-bond donors (Lipinski definition) is 1. The average molecular weight is 154 g/mol. The van der Waals surface area contributed by atoms with Gasteiger partial charge in [-0.25, -0.2) is 0 Å². The zero-order valence-electron chi connectivity index (χ0n) is 6.62. The summed E-state index contributed by atoms with van der Waals surface area (Å²) in [5, 5.41) is 0. The predicted octanol–water partition coefficient (Wildman–Crippen LogP) is 0.0985. The van der Waals surface area contributed by atoms with Crippen LogP contribution in [0.3, 0.4) is 0 Å². The largest absolute Gasteiger partial charge is 0.340 e. The highest BCUT2D eigenvalue weighted by molar-refractivity contribution is 5.78. The smallest absolute Gasteiger partial charge is 0.222 e. The van der Waals surface area contributed by atoms with Crippen molar-refractivity contribution in [3.8, 4) is 0 Å². The molecule has 0 spiro atoms. The van der Waals surface area contributed by atoms with E-state index >= 15 is 0 Å². The van der Waals surface area contributed by atoms with Crippen molar-refractivity contribution in [3.63, 3.8) is 0 Å². The van der Waals surface area contributed by atoms with Gasteiger partial charge in [0.2, 0.25) is 5.91 Å². The molecule has 0 bridgehead atoms. The first kappa shape index (κ1) is 7.10. The molecule has 2 fully saturated rings. The van der Waals surface area contributed by atoms with Crippen LogP contribution in [0, 0.1) is 0 Å². The van der Waals surface area contributed by atoms with E-state index in [9.17, 15) is 4.79 Å². The Morgan fingerprint density at radius 1 is 1.45 bits per heavy atom. The molecule has 2 aliphatic rings. The zero-order chi connectivity index (χ0) is 7.84. The quantitative estimate of drug-likeness (QED) is 0.582. The van der Waals surface area contributed by atoms with Gasteiger partial charge in [0.15, 0.2) is 0 Å². The van der Waals surface area contributed by atoms with E-state index < -0.39 is 0 Å². The van der Waals surface area contributed by atoms with E-state index in [0.717, 1.165) is 32.2 Å². The summed E-state index contributed by atoms with van der Waals surface area (Å²) in [6, 6.07) is 0.841. The molecule has 11 heavy (non-hydrogen) atoms. The number of carbonyl (C=O) groups is 1. The minimum Gasteiger partial charge on any atom is -0.340 e. The van der Waals surface area contributed by atoms with Crippen LogP contribution < -0.4 is 5.73 Å². The monoisotopic (exact) mass is 154 g/mol. The Balaban J connectivity index is 1.90. The molecule has 1 heterocycles. The molecule has 0 unspecified atom stereocenters. The van der Waals surface area contributed by atoms with Gasteiger partial charge >= 0.3 is 0 Å². The number of hydrogen-bond acceptors (Lipinski definition) is 2. The third-order valence-electron chi connectivity index (χ3n) is 2.70. The van der Waals surface area contributed by atoms with Crippen LogP contribution in [0.15, 0.2) is 0 Å². The van der Waals surface area contributed by atoms with Crippen molar-refractivity contribution in [3.05, 3.63) is 0 Å². The molecular formula is C8H14N2O. The normalized spacial score (nSPS) is 37.5. The van der Waals surface area contributed by atoms with Crippen LogP contribution in [-0.4, -0.2) is 29.4 Å². The van der Waals surface area contributed by atoms with Gasteiger partial charge in [0, 0.05) is 25.0 Å². The molecule has 0 aromatic rings. The highest BCUT2D eigenvalue weighted by atomic mass is 16.2. The highest BCUT2D eigenvalue weighted by Gasteiger charge is 2.35. The lowest BCUT2D eigenvalue weighted by molar-refractivity contribution is -0.131. The summed E-state index contributed by atoms with van der Waals surface area (Å²) < 4.78 is 0. The Kier molecular flexibility index (Phi) is 1.60. The van der Waals surface area contributed by atoms with Crippen LogP contribution in [0.25, 0.3) is 0 Å². The van der Waals surface area contributed by atoms with Gasteiger partial charge in [-0.3, -0.25) is 4.79 Å². The van der Waals surface area contributed by atoms with E-state index in [1.807, 2.05) is 4.90 Å². The maximum Gasteiger partial charge on any atom is 0.222 e. The lowest BCUT2D eigenvalue weighted by Crippen LogP contribution is -2.50. The maximum atomic E-state index is 11.2. The molecule has 1 saturated carbocycles. The number of nitrogens with two attached hydrogens (primary N) is 1. The summed E-state index contributed by atoms with van der Waals surface area (Å²) in [6.07, 6.45) is 3.84. The third kappa shape index (κ3) is 1.13. The van der Waals surface area contributed by atoms with Crippen molar-refractivity contribution in [2.75, 3.05) is 6.54 Å². The minimum atomic E-state index is 0.335. The Morgan fingerprint density at radius 2 is 2.18 bits per heavy atom. The molecule has 62 valence electrons. The van der Waals surface area contributed by atoms with Gasteiger partial charge in [0.25, 0.3) is 0 Å². The van der Waals surface area contributed by atoms with Crippen molar-refractivity contribution in [1.82, 2.24) is 4.90 Å². The van der Waals surface area contributed by atoms with E-state index in [1.54, 1.807) is 0 Å². The molecular weight excluding hydrogens is 140 g/mol. The Bertz CT molecular complexity index is 175. The minimum absolute atomic E-state index is 0.335. The van der Waals surface area contributed by atoms with E-state index in [-0.39, 0.29) is 0 Å². The van der Waals surface area contributed by atoms with E-state index in [4.69, 9.17) is 5.73 Å². The Hall–Kier alpha value is -0.570. The molecule has 1 aliphatic carbocycles. The molecule has 3 nitrogen and oxygen atoms in total. The van der Waals surface area contributed by atoms with E-state index in [0.29, 0.717) is 18.0 Å². The lowest BCUT2D eigenvalue weighted by atomic mass is 9.86. The SMILES string of the molecule is NC1CC(N2CCCC2=O)C1. The van der Waals surface area contributed by atoms with Gasteiger partial charge in [0.1, 0.15) is 0 Å². The standard InChI is InChI=1S/C8H14N2O/c9-6-4-7(5-6)10-3-1-2-8(10)11/h6-7H,1-5,9H2. The molecule has 2 N–H and O–H groups in total. The van der Waals surface area contributed by atoms with Crippen LogP contribution >= 0.6 is 0 Å². The highest BCUT2D eigenvalue weighted by Crippen LogP contribution is 2.27. The molecule has 2 rings (SSSR count). The second kappa shape index (κ2) is 2.48. The fourth-order valence-corrected chi connectivity index (χ4v) is 1.94. The van der Waals surface area contributed by atoms with Crippen molar-refractivity contribution in [2.24, 2.45) is 5.73 Å². The van der Waals surface area contributed by atoms with Gasteiger partial charge in [-0.2, -0.15) is 0 Å². The summed E-state index contributed by atoms with van der Waals surface area (Å²) >= 11 is 0. The molecule has 0 radical (unpaired) electrons. The van der Waals surface area contributed by atoms with Crippen LogP contribution in [-0.2, 0) is 4.79 Å². The summed E-state index contributed by atoms with van der Waals surface area (Å²) in [7, 11) is 0. The molecule has 0 atom stereocenters. The first-order valence-corrected chi connectivity index (χ1v) is 4.32. The second-order valence-corrected chi connectivity index (χ2v) is 3.58. The van der Waals surface area contributed by atoms with Crippen LogP contribution in [0.5, 0.6) is 0 Å². The zero-order valence-corrected chi connectivity index (χ0v) is 6.62.